The van der Waals surface area contributed by atoms with Gasteiger partial charge in [-0.15, -0.1) is 0 Å². The lowest BCUT2D eigenvalue weighted by molar-refractivity contribution is -0.226. The van der Waals surface area contributed by atoms with E-state index in [-0.39, 0.29) is 51.7 Å². The first-order valence-electron chi connectivity index (χ1n) is 14.9. The normalized spacial score (nSPS) is 46.8. The molecule has 4 fully saturated rings. The zero-order valence-corrected chi connectivity index (χ0v) is 24.5. The van der Waals surface area contributed by atoms with Crippen molar-refractivity contribution in [1.29, 1.82) is 0 Å². The number of cyclic esters (lactones) is 1. The van der Waals surface area contributed by atoms with Crippen LogP contribution >= 0.6 is 0 Å². The minimum atomic E-state index is -0.858. The molecule has 37 heavy (non-hydrogen) atoms. The van der Waals surface area contributed by atoms with E-state index < -0.39 is 5.60 Å². The molecule has 0 aromatic heterocycles. The average molecular weight is 515 g/mol. The molecule has 1 heterocycles. The molecule has 0 saturated heterocycles. The molecule has 0 amide bonds. The summed E-state index contributed by atoms with van der Waals surface area (Å²) in [6.07, 6.45) is 11.2. The van der Waals surface area contributed by atoms with E-state index in [4.69, 9.17) is 9.47 Å². The van der Waals surface area contributed by atoms with Crippen LogP contribution in [-0.4, -0.2) is 34.9 Å². The highest BCUT2D eigenvalue weighted by atomic mass is 16.6. The van der Waals surface area contributed by atoms with E-state index >= 15 is 0 Å². The highest BCUT2D eigenvalue weighted by Gasteiger charge is 2.69. The summed E-state index contributed by atoms with van der Waals surface area (Å²) in [5.41, 5.74) is 0.666. The number of carbonyl (C=O) groups excluding carboxylic acids is 2. The van der Waals surface area contributed by atoms with Gasteiger partial charge in [0.15, 0.2) is 0 Å². The Labute approximate surface area is 224 Å². The summed E-state index contributed by atoms with van der Waals surface area (Å²) in [7, 11) is 0. The Kier molecular flexibility index (Phi) is 6.30. The molecule has 0 aromatic rings. The molecule has 0 aromatic carbocycles. The lowest BCUT2D eigenvalue weighted by Crippen LogP contribution is -2.64. The van der Waals surface area contributed by atoms with Gasteiger partial charge < -0.3 is 14.6 Å². The second-order valence-corrected chi connectivity index (χ2v) is 15.4. The molecule has 5 rings (SSSR count). The minimum absolute atomic E-state index is 0.00683. The van der Waals surface area contributed by atoms with E-state index in [1.165, 1.54) is 19.3 Å². The topological polar surface area (TPSA) is 72.8 Å². The van der Waals surface area contributed by atoms with Crippen LogP contribution in [0, 0.1) is 45.3 Å². The summed E-state index contributed by atoms with van der Waals surface area (Å²) < 4.78 is 11.6. The largest absolute Gasteiger partial charge is 0.462 e. The molecule has 1 aliphatic heterocycles. The van der Waals surface area contributed by atoms with Crippen molar-refractivity contribution < 1.29 is 24.2 Å². The van der Waals surface area contributed by atoms with E-state index in [0.29, 0.717) is 24.2 Å². The van der Waals surface area contributed by atoms with Crippen LogP contribution in [-0.2, 0) is 19.1 Å². The number of aliphatic hydroxyl groups is 1. The maximum Gasteiger partial charge on any atom is 0.334 e. The van der Waals surface area contributed by atoms with Crippen molar-refractivity contribution in [2.45, 2.75) is 131 Å². The van der Waals surface area contributed by atoms with Gasteiger partial charge in [-0.25, -0.2) is 4.79 Å². The van der Waals surface area contributed by atoms with E-state index in [0.717, 1.165) is 37.7 Å². The number of carbonyl (C=O) groups is 2. The second kappa shape index (κ2) is 8.57. The molecule has 3 unspecified atom stereocenters. The molecule has 1 N–H and O–H groups in total. The molecule has 5 nitrogen and oxygen atoms in total. The molecule has 0 radical (unpaired) electrons. The van der Waals surface area contributed by atoms with Crippen LogP contribution in [0.3, 0.4) is 0 Å². The number of ether oxygens (including phenoxy) is 2. The van der Waals surface area contributed by atoms with Gasteiger partial charge in [0.2, 0.25) is 0 Å². The van der Waals surface area contributed by atoms with Gasteiger partial charge in [0.1, 0.15) is 12.2 Å². The van der Waals surface area contributed by atoms with Gasteiger partial charge in [-0.3, -0.25) is 4.79 Å². The predicted octanol–water partition coefficient (Wildman–Crippen LogP) is 6.62. The van der Waals surface area contributed by atoms with E-state index in [9.17, 15) is 14.7 Å². The lowest BCUT2D eigenvalue weighted by Gasteiger charge is -2.69. The first-order valence-corrected chi connectivity index (χ1v) is 14.9. The summed E-state index contributed by atoms with van der Waals surface area (Å²) in [5, 5.41) is 10.3. The third kappa shape index (κ3) is 4.03. The molecule has 0 spiro atoms. The van der Waals surface area contributed by atoms with E-state index in [1.807, 2.05) is 6.08 Å². The maximum absolute atomic E-state index is 13.0. The summed E-state index contributed by atoms with van der Waals surface area (Å²) >= 11 is 0. The first kappa shape index (κ1) is 27.2. The average Bonchev–Trinajstić information content (AvgIpc) is 3.28. The first-order chi connectivity index (χ1) is 17.0. The molecule has 4 saturated carbocycles. The fourth-order valence-corrected chi connectivity index (χ4v) is 10.9. The van der Waals surface area contributed by atoms with Crippen molar-refractivity contribution in [3.63, 3.8) is 0 Å². The van der Waals surface area contributed by atoms with Crippen LogP contribution in [0.4, 0.5) is 0 Å². The zero-order valence-electron chi connectivity index (χ0n) is 24.5. The fraction of sp³-hybridized carbons (Fsp3) is 0.875. The number of esters is 2. The van der Waals surface area contributed by atoms with Crippen LogP contribution in [0.15, 0.2) is 11.6 Å². The van der Waals surface area contributed by atoms with Gasteiger partial charge in [-0.1, -0.05) is 34.6 Å². The number of fused-ring (bicyclic) bond motifs is 5. The maximum atomic E-state index is 13.0. The van der Waals surface area contributed by atoms with Crippen LogP contribution in [0.1, 0.15) is 113 Å². The van der Waals surface area contributed by atoms with Crippen molar-refractivity contribution >= 4 is 11.9 Å². The third-order valence-corrected chi connectivity index (χ3v) is 12.6. The fourth-order valence-electron chi connectivity index (χ4n) is 10.9. The van der Waals surface area contributed by atoms with Gasteiger partial charge in [-0.05, 0) is 111 Å². The number of rotatable bonds is 4. The lowest BCUT2D eigenvalue weighted by atomic mass is 9.35. The summed E-state index contributed by atoms with van der Waals surface area (Å²) in [6, 6.07) is 0. The predicted molar refractivity (Wildman–Crippen MR) is 143 cm³/mol. The Morgan fingerprint density at radius 2 is 1.68 bits per heavy atom. The standard InChI is InChI=1S/C32H50O5/c1-19(33)36-26-13-14-30(6)24(29(26,4)5)12-16-32(8)25(30)10-9-23-21(11-15-31(23,32)7)22-17-20(37-27(22)34)18-28(2,3)35/h17,20-21,23-26,35H,9-16,18H2,1-8H3/t20-,21-,23?,24?,25?,26+,30+,31-,32-/m1/s1. The molecule has 5 aliphatic rings. The summed E-state index contributed by atoms with van der Waals surface area (Å²) in [5.74, 6) is 1.64. The Bertz CT molecular complexity index is 990. The van der Waals surface area contributed by atoms with Gasteiger partial charge in [0.05, 0.1) is 5.60 Å². The molecule has 4 aliphatic carbocycles. The monoisotopic (exact) mass is 514 g/mol. The molecule has 5 heteroatoms. The van der Waals surface area contributed by atoms with Crippen molar-refractivity contribution in [1.82, 2.24) is 0 Å². The third-order valence-electron chi connectivity index (χ3n) is 12.6. The van der Waals surface area contributed by atoms with Gasteiger partial charge in [-0.2, -0.15) is 0 Å². The van der Waals surface area contributed by atoms with E-state index in [1.54, 1.807) is 20.8 Å². The van der Waals surface area contributed by atoms with Gasteiger partial charge in [0, 0.05) is 24.3 Å². The van der Waals surface area contributed by atoms with Crippen molar-refractivity contribution in [3.8, 4) is 0 Å². The van der Waals surface area contributed by atoms with Crippen molar-refractivity contribution in [2.24, 2.45) is 45.3 Å². The van der Waals surface area contributed by atoms with Crippen molar-refractivity contribution in [3.05, 3.63) is 11.6 Å². The van der Waals surface area contributed by atoms with Crippen LogP contribution in [0.5, 0.6) is 0 Å². The second-order valence-electron chi connectivity index (χ2n) is 15.4. The Balaban J connectivity index is 1.41. The number of hydrogen-bond acceptors (Lipinski definition) is 5. The van der Waals surface area contributed by atoms with Crippen LogP contribution in [0.2, 0.25) is 0 Å². The molecular weight excluding hydrogens is 464 g/mol. The zero-order chi connectivity index (χ0) is 27.2. The highest BCUT2D eigenvalue weighted by molar-refractivity contribution is 5.91. The SMILES string of the molecule is CC(=O)O[C@H]1CC[C@@]2(C)C(CC[C@]3(C)C2CCC2[C@@H](C4=C[C@H](CC(C)(C)O)OC4=O)CC[C@]23C)C1(C)C. The van der Waals surface area contributed by atoms with Crippen molar-refractivity contribution in [2.75, 3.05) is 0 Å². The minimum Gasteiger partial charge on any atom is -0.462 e. The van der Waals surface area contributed by atoms with E-state index in [2.05, 4.69) is 34.6 Å². The van der Waals surface area contributed by atoms with Gasteiger partial charge >= 0.3 is 11.9 Å². The number of hydrogen-bond donors (Lipinski definition) is 1. The molecule has 0 bridgehead atoms. The highest BCUT2D eigenvalue weighted by Crippen LogP contribution is 2.75. The van der Waals surface area contributed by atoms with Crippen LogP contribution < -0.4 is 0 Å². The quantitative estimate of drug-likeness (QED) is 0.427. The molecule has 208 valence electrons. The van der Waals surface area contributed by atoms with Crippen LogP contribution in [0.25, 0.3) is 0 Å². The smallest absolute Gasteiger partial charge is 0.334 e. The Morgan fingerprint density at radius 3 is 2.32 bits per heavy atom. The Morgan fingerprint density at radius 1 is 1.00 bits per heavy atom. The molecule has 9 atom stereocenters. The summed E-state index contributed by atoms with van der Waals surface area (Å²) in [4.78, 5) is 24.9. The summed E-state index contributed by atoms with van der Waals surface area (Å²) in [6.45, 7) is 17.5. The molecular formula is C32H50O5. The Hall–Kier alpha value is -1.36. The van der Waals surface area contributed by atoms with Gasteiger partial charge in [0.25, 0.3) is 0 Å².